The lowest BCUT2D eigenvalue weighted by atomic mass is 10.1. The molecule has 0 aliphatic heterocycles. The molecule has 7 heteroatoms. The van der Waals surface area contributed by atoms with Crippen molar-refractivity contribution >= 4 is 47.5 Å². The van der Waals surface area contributed by atoms with Crippen LogP contribution in [0.15, 0.2) is 10.2 Å². The maximum absolute atomic E-state index is 7.01. The topological polar surface area (TPSA) is 27.7 Å². The quantitative estimate of drug-likeness (QED) is 0.132. The van der Waals surface area contributed by atoms with E-state index in [1.54, 1.807) is 0 Å². The molecule has 0 heterocycles. The van der Waals surface area contributed by atoms with Gasteiger partial charge in [0.25, 0.3) is 0 Å². The van der Waals surface area contributed by atoms with Gasteiger partial charge in [0.15, 0.2) is 25.0 Å². The third-order valence-electron chi connectivity index (χ3n) is 8.02. The first-order valence-electron chi connectivity index (χ1n) is 12.2. The monoisotopic (exact) mass is 614 g/mol. The minimum atomic E-state index is -1.94. The lowest BCUT2D eigenvalue weighted by Crippen LogP contribution is -2.51. The zero-order valence-corrected chi connectivity index (χ0v) is 29.2. The van der Waals surface area contributed by atoms with Gasteiger partial charge in [0.1, 0.15) is 0 Å². The van der Waals surface area contributed by atoms with Crippen LogP contribution in [-0.2, 0) is 13.3 Å². The van der Waals surface area contributed by atoms with Gasteiger partial charge in [-0.2, -0.15) is 0 Å². The second-order valence-electron chi connectivity index (χ2n) is 13.8. The summed E-state index contributed by atoms with van der Waals surface area (Å²) in [5.74, 6) is 0. The van der Waals surface area contributed by atoms with Crippen molar-refractivity contribution in [1.82, 2.24) is 0 Å². The van der Waals surface area contributed by atoms with Gasteiger partial charge in [0, 0.05) is 6.61 Å². The van der Waals surface area contributed by atoms with Gasteiger partial charge in [-0.1, -0.05) is 84.9 Å². The van der Waals surface area contributed by atoms with Crippen molar-refractivity contribution in [3.05, 3.63) is 10.2 Å². The van der Waals surface area contributed by atoms with Gasteiger partial charge in [-0.05, 0) is 77.4 Å². The Bertz CT molecular complexity index is 597. The summed E-state index contributed by atoms with van der Waals surface area (Å²) >= 11 is 2.32. The molecule has 2 atom stereocenters. The van der Waals surface area contributed by atoms with E-state index in [1.807, 2.05) is 0 Å². The van der Waals surface area contributed by atoms with Crippen LogP contribution in [0.2, 0.25) is 54.4 Å². The zero-order valence-electron chi connectivity index (χ0n) is 24.0. The molecular formula is C25H55IO3Si3. The molecule has 0 amide bonds. The van der Waals surface area contributed by atoms with Crippen LogP contribution in [0.25, 0.3) is 0 Å². The molecule has 32 heavy (non-hydrogen) atoms. The predicted octanol–water partition coefficient (Wildman–Crippen LogP) is 9.52. The maximum atomic E-state index is 7.01. The molecular weight excluding hydrogens is 559 g/mol. The second-order valence-corrected chi connectivity index (χ2v) is 28.9. The van der Waals surface area contributed by atoms with Gasteiger partial charge < -0.3 is 13.3 Å². The molecule has 0 bridgehead atoms. The van der Waals surface area contributed by atoms with Crippen LogP contribution in [0.5, 0.6) is 0 Å². The fraction of sp³-hybridized carbons (Fsp3) is 0.920. The highest BCUT2D eigenvalue weighted by molar-refractivity contribution is 14.1. The van der Waals surface area contributed by atoms with Crippen LogP contribution in [0.3, 0.4) is 0 Å². The van der Waals surface area contributed by atoms with Gasteiger partial charge in [0.2, 0.25) is 0 Å². The van der Waals surface area contributed by atoms with E-state index in [9.17, 15) is 0 Å². The molecule has 0 fully saturated rings. The van der Waals surface area contributed by atoms with Gasteiger partial charge in [0.05, 0.1) is 12.2 Å². The standard InChI is InChI=1S/C25H55IO3Si3/c1-23(2,3)30(10,11)27-20-16-17-21(28-31(12,13)24(4,5)6)22(18-19-26)29-32(14,15)25(7,8)9/h18-19,21-22H,16-17,20H2,1-15H3/b19-18+/t21-,22+/m0/s1. The summed E-state index contributed by atoms with van der Waals surface area (Å²) < 4.78 is 22.5. The molecule has 0 saturated carbocycles. The SMILES string of the molecule is CC(C)(C)[Si](C)(C)OCCC[C@H](O[Si](C)(C)C(C)(C)C)[C@@H](/C=C/I)O[Si](C)(C)C(C)(C)C. The Morgan fingerprint density at radius 1 is 0.688 bits per heavy atom. The van der Waals surface area contributed by atoms with E-state index in [0.717, 1.165) is 19.4 Å². The zero-order chi connectivity index (χ0) is 25.8. The van der Waals surface area contributed by atoms with Gasteiger partial charge >= 0.3 is 0 Å². The summed E-state index contributed by atoms with van der Waals surface area (Å²) in [5.41, 5.74) is 0. The highest BCUT2D eigenvalue weighted by atomic mass is 127. The minimum Gasteiger partial charge on any atom is -0.417 e. The molecule has 0 aromatic carbocycles. The van der Waals surface area contributed by atoms with Crippen molar-refractivity contribution in [3.8, 4) is 0 Å². The van der Waals surface area contributed by atoms with Crippen LogP contribution in [0, 0.1) is 0 Å². The van der Waals surface area contributed by atoms with E-state index in [4.69, 9.17) is 13.3 Å². The molecule has 0 aromatic heterocycles. The largest absolute Gasteiger partial charge is 0.417 e. The Labute approximate surface area is 218 Å². The smallest absolute Gasteiger partial charge is 0.193 e. The van der Waals surface area contributed by atoms with Gasteiger partial charge in [-0.3, -0.25) is 0 Å². The lowest BCUT2D eigenvalue weighted by molar-refractivity contribution is 0.0534. The Hall–Kier alpha value is 1.00. The maximum Gasteiger partial charge on any atom is 0.193 e. The van der Waals surface area contributed by atoms with Crippen LogP contribution >= 0.6 is 22.6 Å². The molecule has 3 nitrogen and oxygen atoms in total. The molecule has 0 N–H and O–H groups in total. The van der Waals surface area contributed by atoms with Crippen molar-refractivity contribution < 1.29 is 13.3 Å². The third-order valence-corrected chi connectivity index (χ3v) is 22.0. The molecule has 0 unspecified atom stereocenters. The van der Waals surface area contributed by atoms with E-state index in [-0.39, 0.29) is 27.3 Å². The number of hydrogen-bond donors (Lipinski definition) is 0. The molecule has 0 rings (SSSR count). The third kappa shape index (κ3) is 9.93. The van der Waals surface area contributed by atoms with Crippen molar-refractivity contribution in [1.29, 1.82) is 0 Å². The Balaban J connectivity index is 5.70. The van der Waals surface area contributed by atoms with E-state index >= 15 is 0 Å². The first kappa shape index (κ1) is 33.0. The molecule has 0 radical (unpaired) electrons. The van der Waals surface area contributed by atoms with E-state index in [0.29, 0.717) is 0 Å². The molecule has 192 valence electrons. The van der Waals surface area contributed by atoms with Crippen molar-refractivity contribution in [2.75, 3.05) is 6.61 Å². The van der Waals surface area contributed by atoms with Crippen LogP contribution < -0.4 is 0 Å². The second kappa shape index (κ2) is 11.8. The Morgan fingerprint density at radius 3 is 1.47 bits per heavy atom. The Kier molecular flexibility index (Phi) is 12.2. The van der Waals surface area contributed by atoms with Crippen LogP contribution in [-0.4, -0.2) is 43.8 Å². The summed E-state index contributed by atoms with van der Waals surface area (Å²) in [6.07, 6.45) is 4.21. The molecule has 0 aliphatic rings. The predicted molar refractivity (Wildman–Crippen MR) is 160 cm³/mol. The normalized spacial score (nSPS) is 17.1. The van der Waals surface area contributed by atoms with Gasteiger partial charge in [-0.15, -0.1) is 0 Å². The van der Waals surface area contributed by atoms with E-state index < -0.39 is 25.0 Å². The summed E-state index contributed by atoms with van der Waals surface area (Å²) in [7, 11) is -5.61. The van der Waals surface area contributed by atoms with Crippen LogP contribution in [0.4, 0.5) is 0 Å². The van der Waals surface area contributed by atoms with Crippen molar-refractivity contribution in [2.24, 2.45) is 0 Å². The molecule has 0 saturated heterocycles. The van der Waals surface area contributed by atoms with E-state index in [2.05, 4.69) is 134 Å². The summed E-state index contributed by atoms with van der Waals surface area (Å²) in [6, 6.07) is 0. The van der Waals surface area contributed by atoms with Crippen LogP contribution in [0.1, 0.15) is 75.2 Å². The summed E-state index contributed by atoms with van der Waals surface area (Å²) in [5, 5.41) is 0.567. The number of halogens is 1. The summed E-state index contributed by atoms with van der Waals surface area (Å²) in [4.78, 5) is 0. The fourth-order valence-electron chi connectivity index (χ4n) is 2.50. The average Bonchev–Trinajstić information content (AvgIpc) is 2.53. The highest BCUT2D eigenvalue weighted by Crippen LogP contribution is 2.41. The van der Waals surface area contributed by atoms with Gasteiger partial charge in [-0.25, -0.2) is 0 Å². The first-order chi connectivity index (χ1) is 14.0. The molecule has 0 spiro atoms. The first-order valence-corrected chi connectivity index (χ1v) is 22.2. The van der Waals surface area contributed by atoms with E-state index in [1.165, 1.54) is 0 Å². The fourth-order valence-corrected chi connectivity index (χ4v) is 6.63. The van der Waals surface area contributed by atoms with Crippen molar-refractivity contribution in [2.45, 2.75) is 142 Å². The number of hydrogen-bond acceptors (Lipinski definition) is 3. The molecule has 0 aliphatic carbocycles. The minimum absolute atomic E-state index is 0.0187. The summed E-state index contributed by atoms with van der Waals surface area (Å²) in [6.45, 7) is 35.6. The lowest BCUT2D eigenvalue weighted by Gasteiger charge is -2.44. The average molecular weight is 615 g/mol. The highest BCUT2D eigenvalue weighted by Gasteiger charge is 2.44. The Morgan fingerprint density at radius 2 is 1.09 bits per heavy atom. The molecule has 0 aromatic rings. The van der Waals surface area contributed by atoms with Crippen molar-refractivity contribution in [3.63, 3.8) is 0 Å². The number of rotatable bonds is 11.